The van der Waals surface area contributed by atoms with Crippen LogP contribution in [0.15, 0.2) is 18.2 Å². The third-order valence-electron chi connectivity index (χ3n) is 2.35. The van der Waals surface area contributed by atoms with Gasteiger partial charge >= 0.3 is 0 Å². The molecule has 0 unspecified atom stereocenters. The lowest BCUT2D eigenvalue weighted by atomic mass is 10.1. The van der Waals surface area contributed by atoms with Crippen molar-refractivity contribution in [2.75, 3.05) is 19.8 Å². The van der Waals surface area contributed by atoms with E-state index in [4.69, 9.17) is 9.84 Å². The van der Waals surface area contributed by atoms with Crippen molar-refractivity contribution in [1.82, 2.24) is 5.32 Å². The maximum absolute atomic E-state index is 11.5. The Morgan fingerprint density at radius 1 is 1.53 bits per heavy atom. The van der Waals surface area contributed by atoms with Crippen LogP contribution in [0.25, 0.3) is 0 Å². The number of aliphatic hydroxyl groups is 1. The summed E-state index contributed by atoms with van der Waals surface area (Å²) in [6.07, 6.45) is 0.858. The van der Waals surface area contributed by atoms with E-state index in [1.54, 1.807) is 6.07 Å². The SMILES string of the molecule is O=C(NCCO)c1ccc2c(c1)CCO2. The van der Waals surface area contributed by atoms with Gasteiger partial charge in [-0.2, -0.15) is 0 Å². The van der Waals surface area contributed by atoms with Gasteiger partial charge in [0, 0.05) is 18.5 Å². The molecule has 0 radical (unpaired) electrons. The van der Waals surface area contributed by atoms with Crippen molar-refractivity contribution in [3.63, 3.8) is 0 Å². The van der Waals surface area contributed by atoms with Crippen LogP contribution in [0.3, 0.4) is 0 Å². The van der Waals surface area contributed by atoms with E-state index >= 15 is 0 Å². The molecule has 0 aromatic heterocycles. The molecule has 0 saturated heterocycles. The van der Waals surface area contributed by atoms with Crippen LogP contribution in [0.5, 0.6) is 5.75 Å². The molecule has 0 aliphatic carbocycles. The molecule has 1 aliphatic rings. The molecule has 4 heteroatoms. The minimum Gasteiger partial charge on any atom is -0.493 e. The highest BCUT2D eigenvalue weighted by molar-refractivity contribution is 5.94. The molecule has 0 spiro atoms. The number of fused-ring (bicyclic) bond motifs is 1. The molecule has 0 atom stereocenters. The van der Waals surface area contributed by atoms with Crippen LogP contribution in [-0.4, -0.2) is 30.8 Å². The zero-order chi connectivity index (χ0) is 10.7. The lowest BCUT2D eigenvalue weighted by Crippen LogP contribution is -2.26. The minimum absolute atomic E-state index is 0.0419. The van der Waals surface area contributed by atoms with Gasteiger partial charge in [0.1, 0.15) is 5.75 Å². The summed E-state index contributed by atoms with van der Waals surface area (Å²) in [6.45, 7) is 0.934. The molecule has 0 fully saturated rings. The van der Waals surface area contributed by atoms with Crippen molar-refractivity contribution in [2.45, 2.75) is 6.42 Å². The first-order valence-corrected chi connectivity index (χ1v) is 4.96. The smallest absolute Gasteiger partial charge is 0.251 e. The summed E-state index contributed by atoms with van der Waals surface area (Å²) in [4.78, 5) is 11.5. The molecule has 2 rings (SSSR count). The number of nitrogens with one attached hydrogen (secondary N) is 1. The maximum atomic E-state index is 11.5. The molecule has 15 heavy (non-hydrogen) atoms. The molecular weight excluding hydrogens is 194 g/mol. The largest absolute Gasteiger partial charge is 0.493 e. The molecule has 0 saturated carbocycles. The van der Waals surface area contributed by atoms with E-state index in [9.17, 15) is 4.79 Å². The van der Waals surface area contributed by atoms with E-state index in [0.717, 1.165) is 17.7 Å². The van der Waals surface area contributed by atoms with Gasteiger partial charge in [-0.05, 0) is 23.8 Å². The number of carbonyl (C=O) groups excluding carboxylic acids is 1. The zero-order valence-electron chi connectivity index (χ0n) is 8.32. The molecular formula is C11H13NO3. The summed E-state index contributed by atoms with van der Waals surface area (Å²) in [5.41, 5.74) is 1.69. The Morgan fingerprint density at radius 2 is 2.40 bits per heavy atom. The van der Waals surface area contributed by atoms with Crippen LogP contribution >= 0.6 is 0 Å². The first-order chi connectivity index (χ1) is 7.31. The highest BCUT2D eigenvalue weighted by Gasteiger charge is 2.14. The second-order valence-corrected chi connectivity index (χ2v) is 3.40. The van der Waals surface area contributed by atoms with Crippen molar-refractivity contribution >= 4 is 5.91 Å². The van der Waals surface area contributed by atoms with Gasteiger partial charge in [0.05, 0.1) is 13.2 Å². The predicted octanol–water partition coefficient (Wildman–Crippen LogP) is 0.344. The van der Waals surface area contributed by atoms with Gasteiger partial charge in [0.2, 0.25) is 0 Å². The highest BCUT2D eigenvalue weighted by Crippen LogP contribution is 2.25. The Morgan fingerprint density at radius 3 is 3.20 bits per heavy atom. The van der Waals surface area contributed by atoms with E-state index in [0.29, 0.717) is 12.2 Å². The molecule has 4 nitrogen and oxygen atoms in total. The minimum atomic E-state index is -0.154. The maximum Gasteiger partial charge on any atom is 0.251 e. The van der Waals surface area contributed by atoms with Gasteiger partial charge in [-0.25, -0.2) is 0 Å². The molecule has 1 aliphatic heterocycles. The molecule has 0 bridgehead atoms. The zero-order valence-corrected chi connectivity index (χ0v) is 8.32. The Bertz CT molecular complexity index is 376. The second kappa shape index (κ2) is 4.31. The lowest BCUT2D eigenvalue weighted by Gasteiger charge is -2.04. The van der Waals surface area contributed by atoms with E-state index in [1.165, 1.54) is 0 Å². The third-order valence-corrected chi connectivity index (χ3v) is 2.35. The quantitative estimate of drug-likeness (QED) is 0.751. The average Bonchev–Trinajstić information content (AvgIpc) is 2.72. The van der Waals surface area contributed by atoms with E-state index in [1.807, 2.05) is 12.1 Å². The Balaban J connectivity index is 2.12. The monoisotopic (exact) mass is 207 g/mol. The van der Waals surface area contributed by atoms with Crippen LogP contribution < -0.4 is 10.1 Å². The van der Waals surface area contributed by atoms with Gasteiger partial charge in [0.15, 0.2) is 0 Å². The number of ether oxygens (including phenoxy) is 1. The fourth-order valence-corrected chi connectivity index (χ4v) is 1.60. The topological polar surface area (TPSA) is 58.6 Å². The second-order valence-electron chi connectivity index (χ2n) is 3.40. The van der Waals surface area contributed by atoms with Crippen molar-refractivity contribution in [2.24, 2.45) is 0 Å². The molecule has 80 valence electrons. The number of benzene rings is 1. The van der Waals surface area contributed by atoms with Gasteiger partial charge in [-0.15, -0.1) is 0 Å². The fourth-order valence-electron chi connectivity index (χ4n) is 1.60. The van der Waals surface area contributed by atoms with Crippen LogP contribution in [0.1, 0.15) is 15.9 Å². The number of carbonyl (C=O) groups is 1. The summed E-state index contributed by atoms with van der Waals surface area (Å²) in [5.74, 6) is 0.715. The van der Waals surface area contributed by atoms with E-state index in [2.05, 4.69) is 5.32 Å². The molecule has 1 aromatic rings. The number of hydrogen-bond donors (Lipinski definition) is 2. The number of rotatable bonds is 3. The van der Waals surface area contributed by atoms with Crippen LogP contribution in [0.4, 0.5) is 0 Å². The fraction of sp³-hybridized carbons (Fsp3) is 0.364. The molecule has 1 amide bonds. The molecule has 2 N–H and O–H groups in total. The summed E-state index contributed by atoms with van der Waals surface area (Å²) in [7, 11) is 0. The first-order valence-electron chi connectivity index (χ1n) is 4.96. The Labute approximate surface area is 87.9 Å². The number of aliphatic hydroxyl groups excluding tert-OH is 1. The van der Waals surface area contributed by atoms with Gasteiger partial charge in [0.25, 0.3) is 5.91 Å². The predicted molar refractivity (Wildman–Crippen MR) is 55.1 cm³/mol. The van der Waals surface area contributed by atoms with Crippen molar-refractivity contribution < 1.29 is 14.6 Å². The van der Waals surface area contributed by atoms with Gasteiger partial charge in [-0.1, -0.05) is 0 Å². The third kappa shape index (κ3) is 2.10. The van der Waals surface area contributed by atoms with Gasteiger partial charge in [-0.3, -0.25) is 4.79 Å². The van der Waals surface area contributed by atoms with Crippen LogP contribution in [0.2, 0.25) is 0 Å². The van der Waals surface area contributed by atoms with E-state index < -0.39 is 0 Å². The highest BCUT2D eigenvalue weighted by atomic mass is 16.5. The molecule has 1 heterocycles. The lowest BCUT2D eigenvalue weighted by molar-refractivity contribution is 0.0944. The standard InChI is InChI=1S/C11H13NO3/c13-5-4-12-11(14)9-1-2-10-8(7-9)3-6-15-10/h1-2,7,13H,3-6H2,(H,12,14). The summed E-state index contributed by atoms with van der Waals surface area (Å²) >= 11 is 0. The normalized spacial score (nSPS) is 13.1. The Kier molecular flexibility index (Phi) is 2.87. The van der Waals surface area contributed by atoms with Crippen molar-refractivity contribution in [1.29, 1.82) is 0 Å². The Hall–Kier alpha value is -1.55. The van der Waals surface area contributed by atoms with Crippen molar-refractivity contribution in [3.8, 4) is 5.75 Å². The summed E-state index contributed by atoms with van der Waals surface area (Å²) in [6, 6.07) is 5.39. The van der Waals surface area contributed by atoms with Crippen LogP contribution in [-0.2, 0) is 6.42 Å². The first kappa shape index (κ1) is 9.98. The average molecular weight is 207 g/mol. The van der Waals surface area contributed by atoms with E-state index in [-0.39, 0.29) is 19.1 Å². The van der Waals surface area contributed by atoms with Crippen molar-refractivity contribution in [3.05, 3.63) is 29.3 Å². The number of hydrogen-bond acceptors (Lipinski definition) is 3. The number of amides is 1. The van der Waals surface area contributed by atoms with Crippen LogP contribution in [0, 0.1) is 0 Å². The summed E-state index contributed by atoms with van der Waals surface area (Å²) in [5, 5.41) is 11.2. The summed E-state index contributed by atoms with van der Waals surface area (Å²) < 4.78 is 5.34. The van der Waals surface area contributed by atoms with Gasteiger partial charge < -0.3 is 15.2 Å². The molecule has 1 aromatic carbocycles.